The fraction of sp³-hybridized carbons (Fsp3) is 0.581. The molecule has 46 heavy (non-hydrogen) atoms. The number of nitriles is 1. The number of benzene rings is 1. The Kier molecular flexibility index (Phi) is 10.0. The van der Waals surface area contributed by atoms with E-state index in [4.69, 9.17) is 33.7 Å². The molecular weight excluding hydrogens is 615 g/mol. The summed E-state index contributed by atoms with van der Waals surface area (Å²) in [5.41, 5.74) is 5.08. The van der Waals surface area contributed by atoms with E-state index in [-0.39, 0.29) is 30.7 Å². The molecule has 0 radical (unpaired) electrons. The van der Waals surface area contributed by atoms with Gasteiger partial charge in [0.1, 0.15) is 54.5 Å². The van der Waals surface area contributed by atoms with Gasteiger partial charge in [-0.3, -0.25) is 14.5 Å². The zero-order valence-corrected chi connectivity index (χ0v) is 27.5. The van der Waals surface area contributed by atoms with E-state index in [0.29, 0.717) is 12.1 Å². The Balaban J connectivity index is 1.36. The average Bonchev–Trinajstić information content (AvgIpc) is 3.70. The van der Waals surface area contributed by atoms with Gasteiger partial charge in [-0.15, -0.1) is 0 Å². The molecule has 4 aliphatic rings. The molecule has 14 nitrogen and oxygen atoms in total. The van der Waals surface area contributed by atoms with Crippen molar-refractivity contribution in [3.8, 4) is 11.8 Å². The van der Waals surface area contributed by atoms with Crippen LogP contribution in [0.1, 0.15) is 53.9 Å². The van der Waals surface area contributed by atoms with Gasteiger partial charge in [0.15, 0.2) is 11.6 Å². The second-order valence-corrected chi connectivity index (χ2v) is 13.8. The molecule has 0 amide bonds. The van der Waals surface area contributed by atoms with Crippen LogP contribution in [0.2, 0.25) is 0 Å². The van der Waals surface area contributed by atoms with Gasteiger partial charge in [-0.05, 0) is 45.2 Å². The third-order valence-corrected chi connectivity index (χ3v) is 9.82. The first-order valence-electron chi connectivity index (χ1n) is 15.4. The number of esters is 1. The molecule has 2 N–H and O–H groups in total. The van der Waals surface area contributed by atoms with Crippen LogP contribution in [0.3, 0.4) is 0 Å². The minimum Gasteiger partial charge on any atom is -0.464 e. The van der Waals surface area contributed by atoms with Crippen molar-refractivity contribution in [1.29, 1.82) is 5.26 Å². The first kappa shape index (κ1) is 33.8. The molecule has 4 aliphatic heterocycles. The lowest BCUT2D eigenvalue weighted by Crippen LogP contribution is -2.56. The maximum absolute atomic E-state index is 14.2. The second-order valence-electron chi connectivity index (χ2n) is 12.0. The zero-order chi connectivity index (χ0) is 33.1. The van der Waals surface area contributed by atoms with Crippen molar-refractivity contribution in [3.05, 3.63) is 42.1 Å². The van der Waals surface area contributed by atoms with Gasteiger partial charge in [0.05, 0.1) is 18.9 Å². The molecule has 0 saturated carbocycles. The van der Waals surface area contributed by atoms with Gasteiger partial charge in [0, 0.05) is 0 Å². The first-order valence-corrected chi connectivity index (χ1v) is 17.1. The summed E-state index contributed by atoms with van der Waals surface area (Å²) < 4.78 is 50.3. The topological polar surface area (TPSA) is 180 Å². The number of nitrogens with zero attached hydrogens (tertiary/aromatic N) is 5. The highest BCUT2D eigenvalue weighted by Crippen LogP contribution is 2.51. The molecule has 248 valence electrons. The summed E-state index contributed by atoms with van der Waals surface area (Å²) >= 11 is 0. The smallest absolute Gasteiger partial charge is 0.421 e. The number of fused-ring (bicyclic) bond motifs is 2. The van der Waals surface area contributed by atoms with Crippen LogP contribution < -0.4 is 10.3 Å². The SMILES string of the molecule is CCC(CC)COC(=O)[C@H](C)N=CP(=O)(OC[C@H]1O[C@@](C#N)(C2CC=C3C(N)=NC=NN32)[C@@H]2OC(C)(C)O[C@@H]21)Oc1ccccc1. The van der Waals surface area contributed by atoms with Crippen LogP contribution in [-0.4, -0.2) is 84.1 Å². The molecule has 0 aromatic heterocycles. The summed E-state index contributed by atoms with van der Waals surface area (Å²) in [6, 6.07) is 9.22. The minimum absolute atomic E-state index is 0.248. The van der Waals surface area contributed by atoms with Gasteiger partial charge in [0.2, 0.25) is 5.60 Å². The highest BCUT2D eigenvalue weighted by atomic mass is 31.2. The Labute approximate surface area is 268 Å². The van der Waals surface area contributed by atoms with Crippen molar-refractivity contribution < 1.29 is 37.4 Å². The monoisotopic (exact) mass is 656 g/mol. The van der Waals surface area contributed by atoms with Gasteiger partial charge in [-0.1, -0.05) is 51.0 Å². The number of aliphatic imine (C=N–C) groups is 2. The summed E-state index contributed by atoms with van der Waals surface area (Å²) in [4.78, 5) is 20.9. The van der Waals surface area contributed by atoms with Crippen LogP contribution in [0, 0.1) is 17.2 Å². The van der Waals surface area contributed by atoms with Crippen LogP contribution >= 0.6 is 7.60 Å². The maximum Gasteiger partial charge on any atom is 0.421 e. The molecule has 1 aromatic carbocycles. The van der Waals surface area contributed by atoms with Gasteiger partial charge in [-0.25, -0.2) is 14.4 Å². The van der Waals surface area contributed by atoms with E-state index in [1.807, 2.05) is 19.9 Å². The highest BCUT2D eigenvalue weighted by molar-refractivity contribution is 7.70. The molecule has 5 rings (SSSR count). The van der Waals surface area contributed by atoms with E-state index in [9.17, 15) is 14.6 Å². The van der Waals surface area contributed by atoms with Crippen molar-refractivity contribution in [2.45, 2.75) is 95.7 Å². The zero-order valence-electron chi connectivity index (χ0n) is 26.6. The van der Waals surface area contributed by atoms with Gasteiger partial charge in [-0.2, -0.15) is 10.4 Å². The molecule has 15 heteroatoms. The Bertz CT molecular complexity index is 1490. The van der Waals surface area contributed by atoms with Crippen molar-refractivity contribution in [2.75, 3.05) is 13.2 Å². The van der Waals surface area contributed by atoms with E-state index in [1.54, 1.807) is 56.1 Å². The fourth-order valence-corrected chi connectivity index (χ4v) is 7.13. The maximum atomic E-state index is 14.2. The van der Waals surface area contributed by atoms with Gasteiger partial charge in [0.25, 0.3) is 0 Å². The van der Waals surface area contributed by atoms with Crippen molar-refractivity contribution in [2.24, 2.45) is 26.7 Å². The van der Waals surface area contributed by atoms with E-state index < -0.39 is 55.3 Å². The summed E-state index contributed by atoms with van der Waals surface area (Å²) in [5, 5.41) is 16.6. The number of hydrazone groups is 1. The number of hydrogen-bond donors (Lipinski definition) is 1. The predicted octanol–water partition coefficient (Wildman–Crippen LogP) is 4.12. The van der Waals surface area contributed by atoms with Crippen LogP contribution in [0.4, 0.5) is 0 Å². The van der Waals surface area contributed by atoms with Crippen molar-refractivity contribution in [1.82, 2.24) is 5.01 Å². The average molecular weight is 657 g/mol. The van der Waals surface area contributed by atoms with Crippen molar-refractivity contribution in [3.63, 3.8) is 0 Å². The number of carbonyl (C=O) groups excluding carboxylic acids is 1. The Morgan fingerprint density at radius 3 is 2.70 bits per heavy atom. The standard InChI is InChI=1S/C31H41N6O8P/c1-6-21(7-2)15-40-29(38)20(3)35-19-46(39,45-22-11-9-8-10-12-22)41-16-24-26-27(44-30(4,5)43-26)31(17-32,42-24)25-14-13-23-28(33)34-18-36-37(23)25/h8-13,18-21,24-27H,6-7,14-16H2,1-5H3,(H2,33,34,36)/t20-,24+,25?,26+,27+,31-,46?/m0/s1. The summed E-state index contributed by atoms with van der Waals surface area (Å²) in [7, 11) is -4.15. The van der Waals surface area contributed by atoms with Gasteiger partial charge >= 0.3 is 13.6 Å². The highest BCUT2D eigenvalue weighted by Gasteiger charge is 2.68. The number of hydrogen-bond acceptors (Lipinski definition) is 14. The molecule has 2 fully saturated rings. The molecule has 4 heterocycles. The second kappa shape index (κ2) is 13.6. The third kappa shape index (κ3) is 6.89. The number of para-hydroxylation sites is 1. The first-order chi connectivity index (χ1) is 21.9. The third-order valence-electron chi connectivity index (χ3n) is 8.43. The molecule has 0 aliphatic carbocycles. The molecule has 2 saturated heterocycles. The number of ether oxygens (including phenoxy) is 4. The number of nitrogens with two attached hydrogens (primary N) is 1. The van der Waals surface area contributed by atoms with Crippen LogP contribution in [-0.2, 0) is 32.8 Å². The number of rotatable bonds is 13. The quantitative estimate of drug-likeness (QED) is 0.183. The van der Waals surface area contributed by atoms with Crippen LogP contribution in [0.15, 0.2) is 57.2 Å². The predicted molar refractivity (Wildman–Crippen MR) is 169 cm³/mol. The largest absolute Gasteiger partial charge is 0.464 e. The number of amidine groups is 1. The Morgan fingerprint density at radius 1 is 1.26 bits per heavy atom. The summed E-state index contributed by atoms with van der Waals surface area (Å²) in [6.45, 7) is 9.07. The fourth-order valence-electron chi connectivity index (χ4n) is 5.83. The lowest BCUT2D eigenvalue weighted by atomic mass is 9.87. The van der Waals surface area contributed by atoms with Gasteiger partial charge < -0.3 is 29.2 Å². The molecule has 0 spiro atoms. The molecule has 2 unspecified atom stereocenters. The molecule has 1 aromatic rings. The van der Waals surface area contributed by atoms with Crippen LogP contribution in [0.5, 0.6) is 5.75 Å². The Morgan fingerprint density at radius 2 is 2.00 bits per heavy atom. The van der Waals surface area contributed by atoms with E-state index in [0.717, 1.165) is 18.8 Å². The van der Waals surface area contributed by atoms with Crippen LogP contribution in [0.25, 0.3) is 0 Å². The van der Waals surface area contributed by atoms with Crippen molar-refractivity contribution >= 4 is 31.7 Å². The molecule has 0 bridgehead atoms. The van der Waals surface area contributed by atoms with E-state index in [2.05, 4.69) is 21.2 Å². The molecular formula is C31H41N6O8P. The summed E-state index contributed by atoms with van der Waals surface area (Å²) in [6.07, 6.45) is 2.79. The lowest BCUT2D eigenvalue weighted by molar-refractivity contribution is -0.209. The lowest BCUT2D eigenvalue weighted by Gasteiger charge is -2.38. The minimum atomic E-state index is -4.15. The normalized spacial score (nSPS) is 29.9. The van der Waals surface area contributed by atoms with E-state index in [1.165, 1.54) is 6.34 Å². The molecule has 7 atom stereocenters. The Hall–Kier alpha value is -3.60. The van der Waals surface area contributed by atoms with E-state index >= 15 is 0 Å². The summed E-state index contributed by atoms with van der Waals surface area (Å²) in [5.74, 6) is 0.209. The number of carbonyl (C=O) groups is 1.